The number of halogens is 2. The van der Waals surface area contributed by atoms with Gasteiger partial charge in [-0.15, -0.1) is 0 Å². The summed E-state index contributed by atoms with van der Waals surface area (Å²) in [6.45, 7) is 5.12. The van der Waals surface area contributed by atoms with Crippen LogP contribution in [0.2, 0.25) is 0 Å². The number of carbonyl (C=O) groups excluding carboxylic acids is 2. The number of hydrogen-bond acceptors (Lipinski definition) is 5. The number of nitrogens with one attached hydrogen (secondary N) is 2. The zero-order valence-corrected chi connectivity index (χ0v) is 18.7. The lowest BCUT2D eigenvalue weighted by Gasteiger charge is -2.08. The summed E-state index contributed by atoms with van der Waals surface area (Å²) in [6.07, 6.45) is 0. The summed E-state index contributed by atoms with van der Waals surface area (Å²) in [5.41, 5.74) is 1.59. The summed E-state index contributed by atoms with van der Waals surface area (Å²) in [5.74, 6) is -0.944. The molecule has 4 aromatic rings. The Bertz CT molecular complexity index is 1390. The molecule has 0 aliphatic heterocycles. The van der Waals surface area contributed by atoms with Gasteiger partial charge in [0.05, 0.1) is 28.9 Å². The number of para-hydroxylation sites is 1. The van der Waals surface area contributed by atoms with Crippen molar-refractivity contribution >= 4 is 17.5 Å². The molecule has 2 aromatic carbocycles. The standard InChI is InChI=1S/C25H21F2N3O4/c1-13-10-19(14(2)33-13)24(32)29-21-7-5-4-6-18(21)25-30-22(15(3)34-25)12-28-23(31)17-9-8-16(26)11-20(17)27/h4-11H,12H2,1-3H3,(H,28,31)(H,29,32). The van der Waals surface area contributed by atoms with Gasteiger partial charge in [0, 0.05) is 6.07 Å². The van der Waals surface area contributed by atoms with Gasteiger partial charge in [0.15, 0.2) is 0 Å². The van der Waals surface area contributed by atoms with E-state index in [9.17, 15) is 18.4 Å². The molecule has 174 valence electrons. The minimum atomic E-state index is -0.956. The molecule has 9 heteroatoms. The van der Waals surface area contributed by atoms with Gasteiger partial charge in [-0.3, -0.25) is 9.59 Å². The fourth-order valence-corrected chi connectivity index (χ4v) is 3.46. The number of aromatic nitrogens is 1. The Labute approximate surface area is 193 Å². The number of nitrogens with zero attached hydrogens (tertiary/aromatic N) is 1. The van der Waals surface area contributed by atoms with Crippen LogP contribution in [0.4, 0.5) is 14.5 Å². The SMILES string of the molecule is Cc1cc(C(=O)Nc2ccccc2-c2nc(CNC(=O)c3ccc(F)cc3F)c(C)o2)c(C)o1. The second-order valence-corrected chi connectivity index (χ2v) is 7.66. The highest BCUT2D eigenvalue weighted by molar-refractivity contribution is 6.06. The number of oxazole rings is 1. The molecular formula is C25H21F2N3O4. The lowest BCUT2D eigenvalue weighted by Crippen LogP contribution is -2.24. The van der Waals surface area contributed by atoms with E-state index in [1.807, 2.05) is 0 Å². The minimum Gasteiger partial charge on any atom is -0.466 e. The zero-order chi connectivity index (χ0) is 24.4. The lowest BCUT2D eigenvalue weighted by atomic mass is 10.1. The van der Waals surface area contributed by atoms with Gasteiger partial charge in [-0.25, -0.2) is 13.8 Å². The summed E-state index contributed by atoms with van der Waals surface area (Å²) in [7, 11) is 0. The van der Waals surface area contributed by atoms with Gasteiger partial charge in [-0.05, 0) is 51.1 Å². The van der Waals surface area contributed by atoms with Crippen LogP contribution >= 0.6 is 0 Å². The second kappa shape index (κ2) is 9.30. The largest absolute Gasteiger partial charge is 0.466 e. The molecule has 0 aliphatic carbocycles. The molecule has 0 bridgehead atoms. The normalized spacial score (nSPS) is 10.9. The third kappa shape index (κ3) is 4.73. The van der Waals surface area contributed by atoms with Crippen LogP contribution in [0.3, 0.4) is 0 Å². The molecule has 0 unspecified atom stereocenters. The molecule has 0 saturated carbocycles. The van der Waals surface area contributed by atoms with E-state index in [1.54, 1.807) is 51.1 Å². The maximum Gasteiger partial charge on any atom is 0.259 e. The number of rotatable bonds is 6. The van der Waals surface area contributed by atoms with Crippen LogP contribution in [0.15, 0.2) is 57.4 Å². The average Bonchev–Trinajstić information content (AvgIpc) is 3.33. The Morgan fingerprint density at radius 1 is 0.912 bits per heavy atom. The van der Waals surface area contributed by atoms with E-state index in [1.165, 1.54) is 0 Å². The highest BCUT2D eigenvalue weighted by atomic mass is 19.1. The van der Waals surface area contributed by atoms with Crippen molar-refractivity contribution in [2.24, 2.45) is 0 Å². The predicted octanol–water partition coefficient (Wildman–Crippen LogP) is 5.32. The summed E-state index contributed by atoms with van der Waals surface area (Å²) >= 11 is 0. The predicted molar refractivity (Wildman–Crippen MR) is 120 cm³/mol. The number of amides is 2. The maximum atomic E-state index is 13.9. The molecule has 0 aliphatic rings. The Kier molecular flexibility index (Phi) is 6.27. The first kappa shape index (κ1) is 22.9. The number of furan rings is 1. The Balaban J connectivity index is 1.52. The molecule has 34 heavy (non-hydrogen) atoms. The number of benzene rings is 2. The molecule has 2 aromatic heterocycles. The van der Waals surface area contributed by atoms with Crippen molar-refractivity contribution < 1.29 is 27.2 Å². The van der Waals surface area contributed by atoms with Crippen LogP contribution in [-0.4, -0.2) is 16.8 Å². The number of aryl methyl sites for hydroxylation is 3. The maximum absolute atomic E-state index is 13.9. The Morgan fingerprint density at radius 2 is 1.68 bits per heavy atom. The molecule has 2 heterocycles. The first-order valence-corrected chi connectivity index (χ1v) is 10.4. The van der Waals surface area contributed by atoms with Crippen LogP contribution in [0.5, 0.6) is 0 Å². The summed E-state index contributed by atoms with van der Waals surface area (Å²) in [6, 6.07) is 11.4. The lowest BCUT2D eigenvalue weighted by molar-refractivity contribution is 0.0945. The van der Waals surface area contributed by atoms with E-state index in [4.69, 9.17) is 8.83 Å². The van der Waals surface area contributed by atoms with Crippen molar-refractivity contribution in [3.63, 3.8) is 0 Å². The molecule has 4 rings (SSSR count). The van der Waals surface area contributed by atoms with Crippen molar-refractivity contribution in [2.75, 3.05) is 5.32 Å². The molecular weight excluding hydrogens is 444 g/mol. The van der Waals surface area contributed by atoms with Crippen LogP contribution in [-0.2, 0) is 6.54 Å². The zero-order valence-electron chi connectivity index (χ0n) is 18.7. The molecule has 7 nitrogen and oxygen atoms in total. The second-order valence-electron chi connectivity index (χ2n) is 7.66. The van der Waals surface area contributed by atoms with Crippen LogP contribution in [0.1, 0.15) is 43.7 Å². The third-order valence-electron chi connectivity index (χ3n) is 5.18. The topological polar surface area (TPSA) is 97.4 Å². The number of hydrogen-bond donors (Lipinski definition) is 2. The fourth-order valence-electron chi connectivity index (χ4n) is 3.46. The average molecular weight is 465 g/mol. The first-order valence-electron chi connectivity index (χ1n) is 10.4. The van der Waals surface area contributed by atoms with Gasteiger partial charge < -0.3 is 19.5 Å². The molecule has 0 spiro atoms. The van der Waals surface area contributed by atoms with Gasteiger partial charge in [-0.2, -0.15) is 0 Å². The van der Waals surface area contributed by atoms with Gasteiger partial charge in [0.2, 0.25) is 5.89 Å². The van der Waals surface area contributed by atoms with E-state index in [0.717, 1.165) is 12.1 Å². The fraction of sp³-hybridized carbons (Fsp3) is 0.160. The number of anilines is 1. The quantitative estimate of drug-likeness (QED) is 0.402. The first-order chi connectivity index (χ1) is 16.2. The van der Waals surface area contributed by atoms with Crippen molar-refractivity contribution in [2.45, 2.75) is 27.3 Å². The van der Waals surface area contributed by atoms with E-state index < -0.39 is 17.5 Å². The molecule has 2 amide bonds. The van der Waals surface area contributed by atoms with Crippen molar-refractivity contribution in [1.29, 1.82) is 0 Å². The van der Waals surface area contributed by atoms with Crippen LogP contribution in [0, 0.1) is 32.4 Å². The van der Waals surface area contributed by atoms with Crippen molar-refractivity contribution in [3.05, 3.63) is 94.3 Å². The third-order valence-corrected chi connectivity index (χ3v) is 5.18. The smallest absolute Gasteiger partial charge is 0.259 e. The monoisotopic (exact) mass is 465 g/mol. The summed E-state index contributed by atoms with van der Waals surface area (Å²) in [4.78, 5) is 29.5. The summed E-state index contributed by atoms with van der Waals surface area (Å²) in [5, 5.41) is 5.40. The highest BCUT2D eigenvalue weighted by Gasteiger charge is 2.19. The Morgan fingerprint density at radius 3 is 2.38 bits per heavy atom. The van der Waals surface area contributed by atoms with Crippen LogP contribution in [0.25, 0.3) is 11.5 Å². The molecule has 0 fully saturated rings. The summed E-state index contributed by atoms with van der Waals surface area (Å²) < 4.78 is 38.1. The van der Waals surface area contributed by atoms with Gasteiger partial charge in [0.25, 0.3) is 11.8 Å². The van der Waals surface area contributed by atoms with Crippen molar-refractivity contribution in [3.8, 4) is 11.5 Å². The van der Waals surface area contributed by atoms with E-state index in [-0.39, 0.29) is 23.9 Å². The molecule has 2 N–H and O–H groups in total. The van der Waals surface area contributed by atoms with E-state index in [2.05, 4.69) is 15.6 Å². The number of carbonyl (C=O) groups is 2. The Hall–Kier alpha value is -4.27. The van der Waals surface area contributed by atoms with E-state index in [0.29, 0.717) is 45.9 Å². The van der Waals surface area contributed by atoms with Gasteiger partial charge in [-0.1, -0.05) is 12.1 Å². The molecule has 0 radical (unpaired) electrons. The molecule has 0 atom stereocenters. The van der Waals surface area contributed by atoms with Crippen molar-refractivity contribution in [1.82, 2.24) is 10.3 Å². The molecule has 0 saturated heterocycles. The van der Waals surface area contributed by atoms with Gasteiger partial charge >= 0.3 is 0 Å². The minimum absolute atomic E-state index is 0.0347. The van der Waals surface area contributed by atoms with E-state index >= 15 is 0 Å². The van der Waals surface area contributed by atoms with Gasteiger partial charge in [0.1, 0.15) is 34.6 Å². The van der Waals surface area contributed by atoms with Crippen LogP contribution < -0.4 is 10.6 Å². The highest BCUT2D eigenvalue weighted by Crippen LogP contribution is 2.29.